The lowest BCUT2D eigenvalue weighted by Crippen LogP contribution is -2.41. The summed E-state index contributed by atoms with van der Waals surface area (Å²) in [5, 5.41) is 3.39. The number of methoxy groups -OCH3 is 1. The summed E-state index contributed by atoms with van der Waals surface area (Å²) in [6.07, 6.45) is 4.94. The van der Waals surface area contributed by atoms with Gasteiger partial charge in [-0.15, -0.1) is 0 Å². The van der Waals surface area contributed by atoms with Gasteiger partial charge in [0.05, 0.1) is 19.3 Å². The largest absolute Gasteiger partial charge is 0.497 e. The fourth-order valence-electron chi connectivity index (χ4n) is 3.09. The number of aryl methyl sites for hydroxylation is 1. The minimum Gasteiger partial charge on any atom is -0.497 e. The van der Waals surface area contributed by atoms with Crippen LogP contribution in [0.3, 0.4) is 0 Å². The van der Waals surface area contributed by atoms with Crippen molar-refractivity contribution in [1.29, 1.82) is 0 Å². The Morgan fingerprint density at radius 2 is 1.97 bits per heavy atom. The zero-order valence-corrected chi connectivity index (χ0v) is 17.6. The van der Waals surface area contributed by atoms with E-state index in [9.17, 15) is 0 Å². The molecule has 0 aliphatic heterocycles. The van der Waals surface area contributed by atoms with Gasteiger partial charge in [-0.3, -0.25) is 4.99 Å². The van der Waals surface area contributed by atoms with Crippen molar-refractivity contribution in [2.75, 3.05) is 40.9 Å². The molecule has 0 saturated heterocycles. The fraction of sp³-hybridized carbons (Fsp3) is 0.364. The van der Waals surface area contributed by atoms with E-state index in [1.165, 1.54) is 5.56 Å². The molecule has 0 aliphatic rings. The second-order valence-corrected chi connectivity index (χ2v) is 6.82. The lowest BCUT2D eigenvalue weighted by Gasteiger charge is -2.22. The Morgan fingerprint density at radius 3 is 2.66 bits per heavy atom. The molecule has 7 nitrogen and oxygen atoms in total. The summed E-state index contributed by atoms with van der Waals surface area (Å²) in [4.78, 5) is 11.1. The van der Waals surface area contributed by atoms with E-state index in [1.807, 2.05) is 43.6 Å². The number of rotatable bonds is 8. The highest BCUT2D eigenvalue weighted by Gasteiger charge is 2.08. The number of benzene rings is 1. The Morgan fingerprint density at radius 1 is 1.21 bits per heavy atom. The van der Waals surface area contributed by atoms with Gasteiger partial charge in [-0.25, -0.2) is 4.98 Å². The van der Waals surface area contributed by atoms with Crippen LogP contribution in [0.15, 0.2) is 53.8 Å². The van der Waals surface area contributed by atoms with E-state index in [0.29, 0.717) is 6.61 Å². The molecule has 1 N–H and O–H groups in total. The number of ether oxygens (including phenoxy) is 2. The lowest BCUT2D eigenvalue weighted by atomic mass is 10.3. The van der Waals surface area contributed by atoms with Crippen molar-refractivity contribution in [2.45, 2.75) is 13.3 Å². The molecule has 0 aliphatic carbocycles. The van der Waals surface area contributed by atoms with E-state index in [0.717, 1.165) is 48.3 Å². The van der Waals surface area contributed by atoms with Gasteiger partial charge in [0.25, 0.3) is 0 Å². The summed E-state index contributed by atoms with van der Waals surface area (Å²) in [5.74, 6) is 2.48. The van der Waals surface area contributed by atoms with E-state index in [-0.39, 0.29) is 0 Å². The van der Waals surface area contributed by atoms with E-state index >= 15 is 0 Å². The van der Waals surface area contributed by atoms with Gasteiger partial charge in [-0.1, -0.05) is 6.07 Å². The zero-order chi connectivity index (χ0) is 20.6. The van der Waals surface area contributed by atoms with Crippen LogP contribution in [0.2, 0.25) is 0 Å². The number of guanidine groups is 1. The van der Waals surface area contributed by atoms with Crippen molar-refractivity contribution in [3.8, 4) is 11.5 Å². The maximum Gasteiger partial charge on any atom is 0.193 e. The van der Waals surface area contributed by atoms with Crippen molar-refractivity contribution in [1.82, 2.24) is 19.6 Å². The Balaban J connectivity index is 1.44. The first kappa shape index (κ1) is 20.5. The van der Waals surface area contributed by atoms with Crippen molar-refractivity contribution in [3.63, 3.8) is 0 Å². The van der Waals surface area contributed by atoms with Crippen molar-refractivity contribution >= 4 is 11.6 Å². The summed E-state index contributed by atoms with van der Waals surface area (Å²) in [7, 11) is 5.44. The van der Waals surface area contributed by atoms with Gasteiger partial charge in [0.1, 0.15) is 23.8 Å². The number of hydrogen-bond acceptors (Lipinski definition) is 4. The van der Waals surface area contributed by atoms with Gasteiger partial charge in [-0.05, 0) is 42.8 Å². The highest BCUT2D eigenvalue weighted by Crippen LogP contribution is 2.16. The molecule has 0 atom stereocenters. The average molecular weight is 396 g/mol. The second-order valence-electron chi connectivity index (χ2n) is 6.82. The van der Waals surface area contributed by atoms with Crippen molar-refractivity contribution < 1.29 is 9.47 Å². The van der Waals surface area contributed by atoms with Crippen LogP contribution >= 0.6 is 0 Å². The van der Waals surface area contributed by atoms with Crippen LogP contribution in [0.5, 0.6) is 11.5 Å². The number of nitrogens with one attached hydrogen (secondary N) is 1. The first-order chi connectivity index (χ1) is 14.1. The lowest BCUT2D eigenvalue weighted by molar-refractivity contribution is 0.281. The van der Waals surface area contributed by atoms with Crippen LogP contribution < -0.4 is 14.8 Å². The number of fused-ring (bicyclic) bond motifs is 1. The SMILES string of the molecule is CN=C(NCCc1cn2cccc(C)c2n1)N(C)CCOc1ccc(OC)cc1. The van der Waals surface area contributed by atoms with Crippen LogP contribution in [0.4, 0.5) is 0 Å². The summed E-state index contributed by atoms with van der Waals surface area (Å²) in [6.45, 7) is 4.13. The minimum atomic E-state index is 0.565. The third-order valence-corrected chi connectivity index (χ3v) is 4.72. The molecule has 1 aromatic carbocycles. The van der Waals surface area contributed by atoms with Gasteiger partial charge in [0.2, 0.25) is 0 Å². The molecule has 29 heavy (non-hydrogen) atoms. The molecule has 3 rings (SSSR count). The quantitative estimate of drug-likeness (QED) is 0.469. The summed E-state index contributed by atoms with van der Waals surface area (Å²) < 4.78 is 13.0. The predicted molar refractivity (Wildman–Crippen MR) is 116 cm³/mol. The third-order valence-electron chi connectivity index (χ3n) is 4.72. The molecule has 0 fully saturated rings. The maximum absolute atomic E-state index is 5.80. The summed E-state index contributed by atoms with van der Waals surface area (Å²) >= 11 is 0. The van der Waals surface area contributed by atoms with Gasteiger partial charge in [0, 0.05) is 39.5 Å². The van der Waals surface area contributed by atoms with E-state index in [4.69, 9.17) is 14.5 Å². The molecule has 2 aromatic heterocycles. The standard InChI is InChI=1S/C22H29N5O2/c1-17-6-5-13-27-16-18(25-21(17)27)11-12-24-22(23-2)26(3)14-15-29-20-9-7-19(28-4)8-10-20/h5-10,13,16H,11-12,14-15H2,1-4H3,(H,23,24). The minimum absolute atomic E-state index is 0.565. The van der Waals surface area contributed by atoms with Gasteiger partial charge >= 0.3 is 0 Å². The van der Waals surface area contributed by atoms with Crippen LogP contribution in [0, 0.1) is 6.92 Å². The molecule has 0 bridgehead atoms. The smallest absolute Gasteiger partial charge is 0.193 e. The molecule has 0 spiro atoms. The topological polar surface area (TPSA) is 63.4 Å². The Bertz CT molecular complexity index is 949. The second kappa shape index (κ2) is 9.82. The molecule has 0 unspecified atom stereocenters. The highest BCUT2D eigenvalue weighted by atomic mass is 16.5. The van der Waals surface area contributed by atoms with Crippen molar-refractivity contribution in [3.05, 3.63) is 60.0 Å². The normalized spacial score (nSPS) is 11.5. The Labute approximate surface area is 172 Å². The number of likely N-dealkylation sites (N-methyl/N-ethyl adjacent to an activating group) is 1. The number of pyridine rings is 1. The number of hydrogen-bond donors (Lipinski definition) is 1. The average Bonchev–Trinajstić information content (AvgIpc) is 3.16. The molecule has 7 heteroatoms. The maximum atomic E-state index is 5.80. The monoisotopic (exact) mass is 395 g/mol. The Hall–Kier alpha value is -3.22. The fourth-order valence-corrected chi connectivity index (χ4v) is 3.09. The molecule has 0 radical (unpaired) electrons. The number of imidazole rings is 1. The van der Waals surface area contributed by atoms with Crippen LogP contribution in [-0.2, 0) is 6.42 Å². The van der Waals surface area contributed by atoms with Crippen molar-refractivity contribution in [2.24, 2.45) is 4.99 Å². The van der Waals surface area contributed by atoms with E-state index < -0.39 is 0 Å². The third kappa shape index (κ3) is 5.40. The van der Waals surface area contributed by atoms with Crippen LogP contribution in [0.25, 0.3) is 5.65 Å². The molecular formula is C22H29N5O2. The first-order valence-corrected chi connectivity index (χ1v) is 9.72. The summed E-state index contributed by atoms with van der Waals surface area (Å²) in [6, 6.07) is 11.7. The van der Waals surface area contributed by atoms with Crippen LogP contribution in [-0.4, -0.2) is 61.1 Å². The van der Waals surface area contributed by atoms with Gasteiger partial charge in [-0.2, -0.15) is 0 Å². The molecule has 3 aromatic rings. The highest BCUT2D eigenvalue weighted by molar-refractivity contribution is 5.79. The van der Waals surface area contributed by atoms with E-state index in [2.05, 4.69) is 38.8 Å². The first-order valence-electron chi connectivity index (χ1n) is 9.72. The molecule has 2 heterocycles. The van der Waals surface area contributed by atoms with Crippen LogP contribution in [0.1, 0.15) is 11.3 Å². The molecular weight excluding hydrogens is 366 g/mol. The molecule has 0 saturated carbocycles. The predicted octanol–water partition coefficient (Wildman–Crippen LogP) is 2.78. The van der Waals surface area contributed by atoms with Gasteiger partial charge in [0.15, 0.2) is 5.96 Å². The van der Waals surface area contributed by atoms with Gasteiger partial charge < -0.3 is 24.1 Å². The molecule has 0 amide bonds. The Kier molecular flexibility index (Phi) is 6.94. The number of aliphatic imine (C=N–C) groups is 1. The zero-order valence-electron chi connectivity index (χ0n) is 17.6. The summed E-state index contributed by atoms with van der Waals surface area (Å²) in [5.41, 5.74) is 3.26. The number of nitrogens with zero attached hydrogens (tertiary/aromatic N) is 4. The van der Waals surface area contributed by atoms with E-state index in [1.54, 1.807) is 14.2 Å². The molecule has 154 valence electrons. The number of aromatic nitrogens is 2.